The zero-order chi connectivity index (χ0) is 76.3. The van der Waals surface area contributed by atoms with Gasteiger partial charge in [-0.2, -0.15) is 0 Å². The third-order valence-electron chi connectivity index (χ3n) is 16.6. The lowest BCUT2D eigenvalue weighted by atomic mass is 9.97. The van der Waals surface area contributed by atoms with Gasteiger partial charge in [-0.15, -0.1) is 0 Å². The van der Waals surface area contributed by atoms with E-state index in [0.717, 1.165) is 0 Å². The maximum Gasteiger partial charge on any atom is 0.229 e. The second kappa shape index (κ2) is 42.5. The number of hydrogen-bond acceptors (Lipinski definition) is 46. The molecule has 0 unspecified atom stereocenters. The molecule has 7 saturated heterocycles. The highest BCUT2D eigenvalue weighted by Gasteiger charge is 2.54. The first-order valence-electron chi connectivity index (χ1n) is 30.8. The third kappa shape index (κ3) is 22.8. The van der Waals surface area contributed by atoms with Gasteiger partial charge in [0, 0.05) is 5.56 Å². The Balaban J connectivity index is 0.000000272. The fourth-order valence-electron chi connectivity index (χ4n) is 10.3. The summed E-state index contributed by atoms with van der Waals surface area (Å²) in [5.41, 5.74) is 0.490. The lowest BCUT2D eigenvalue weighted by molar-refractivity contribution is -0.376. The molecular weight excluding hydrogens is 1400 g/mol. The van der Waals surface area contributed by atoms with Crippen LogP contribution in [0.2, 0.25) is 0 Å². The zero-order valence-electron chi connectivity index (χ0n) is 52.9. The first-order valence-corrected chi connectivity index (χ1v) is 30.8. The first-order chi connectivity index (χ1) is 47.6. The summed E-state index contributed by atoms with van der Waals surface area (Å²) >= 11 is 0. The fraction of sp³-hybridized carbons (Fsp3) is 0.873. The van der Waals surface area contributed by atoms with Gasteiger partial charge in [-0.05, 0) is 6.07 Å². The highest BCUT2D eigenvalue weighted by Crippen LogP contribution is 2.33. The number of carbonyl (C=O) groups excluding carboxylic acids is 1. The van der Waals surface area contributed by atoms with Crippen LogP contribution in [-0.4, -0.2) is 472 Å². The summed E-state index contributed by atoms with van der Waals surface area (Å²) in [4.78, 5) is 9.90. The highest BCUT2D eigenvalue weighted by atomic mass is 16.8. The predicted molar refractivity (Wildman–Crippen MR) is 310 cm³/mol. The Labute approximate surface area is 570 Å². The molecule has 0 radical (unpaired) electrons. The van der Waals surface area contributed by atoms with Crippen LogP contribution in [-0.2, 0) is 58.8 Å². The minimum absolute atomic E-state index is 0.0258. The Morgan fingerprint density at radius 2 is 0.614 bits per heavy atom. The van der Waals surface area contributed by atoms with Gasteiger partial charge >= 0.3 is 0 Å². The largest absolute Gasteiger partial charge is 0.462 e. The van der Waals surface area contributed by atoms with E-state index in [1.54, 1.807) is 24.3 Å². The molecule has 46 nitrogen and oxygen atoms in total. The lowest BCUT2D eigenvalue weighted by Crippen LogP contribution is -2.64. The van der Waals surface area contributed by atoms with Gasteiger partial charge in [0.1, 0.15) is 201 Å². The molecule has 0 spiro atoms. The number of ether oxygens (including phenoxy) is 11. The third-order valence-corrected chi connectivity index (χ3v) is 16.6. The molecule has 46 heteroatoms. The van der Waals surface area contributed by atoms with Gasteiger partial charge < -0.3 is 231 Å². The standard InChI is InChI=1S/C13H18O7.3C12H22O11.C6H12O6/c14-5-7-3-1-2-4-8(7)19-13-12(18)11(17)10(16)9(6-15)20-13;2*13-1-3-5(15)6(16)9(19)12(22-3)23-10-4(2-14)21-11(20)8(18)7(10)17;13-1-3-5(15)7(17)9(19)11(21-3)23-12-10(20)8(18)6(16)4(2-14)22-12;7-1-3(9)5(11)6(12)4(10)2-8/h1-4,9-18H,5-6H2;3*3-20H,1-2H2;1,3-6,8-12H,2H2/t9-,10-,11+,12-,13-;3-,4-,5-,6+,7-,8-,9-,10-,11-,12+;3-,4-,5-,6+,7-,8-,9-,10-,11-,12-;3-,4-,5-,6-,7+,8+,9-,10-,11-,12-;3-,4+,5+,6+/m11110/s1. The normalized spacial score (nSPS) is 44.5. The maximum absolute atomic E-state index is 9.94. The average Bonchev–Trinajstić information content (AvgIpc) is 0.802. The van der Waals surface area contributed by atoms with Crippen molar-refractivity contribution in [2.45, 2.75) is 246 Å². The Hall–Kier alpha value is -3.07. The molecule has 7 fully saturated rings. The number of rotatable bonds is 21. The summed E-state index contributed by atoms with van der Waals surface area (Å²) in [7, 11) is 0. The van der Waals surface area contributed by atoms with Gasteiger partial charge in [0.15, 0.2) is 44.0 Å². The highest BCUT2D eigenvalue weighted by molar-refractivity contribution is 5.56. The first kappa shape index (κ1) is 90.3. The van der Waals surface area contributed by atoms with Crippen molar-refractivity contribution in [2.24, 2.45) is 0 Å². The van der Waals surface area contributed by atoms with Crippen molar-refractivity contribution in [3.63, 3.8) is 0 Å². The van der Waals surface area contributed by atoms with Crippen LogP contribution >= 0.6 is 0 Å². The van der Waals surface area contributed by atoms with Crippen molar-refractivity contribution in [3.05, 3.63) is 29.8 Å². The maximum atomic E-state index is 9.94. The minimum Gasteiger partial charge on any atom is -0.462 e. The van der Waals surface area contributed by atoms with Crippen LogP contribution in [0.3, 0.4) is 0 Å². The van der Waals surface area contributed by atoms with Crippen molar-refractivity contribution in [2.75, 3.05) is 52.9 Å². The Morgan fingerprint density at radius 3 is 0.901 bits per heavy atom. The quantitative estimate of drug-likeness (QED) is 0.0508. The van der Waals surface area contributed by atoms with Gasteiger partial charge in [-0.1, -0.05) is 18.2 Å². The van der Waals surface area contributed by atoms with E-state index in [2.05, 4.69) is 0 Å². The molecule has 8 rings (SSSR count). The van der Waals surface area contributed by atoms with E-state index in [4.69, 9.17) is 103 Å². The molecule has 0 aliphatic carbocycles. The van der Waals surface area contributed by atoms with E-state index >= 15 is 0 Å². The molecule has 0 saturated carbocycles. The van der Waals surface area contributed by atoms with Crippen molar-refractivity contribution < 1.29 is 231 Å². The summed E-state index contributed by atoms with van der Waals surface area (Å²) in [6.07, 6.45) is -60.2. The van der Waals surface area contributed by atoms with Crippen LogP contribution in [0, 0.1) is 0 Å². The molecular formula is C55H96O46. The summed E-state index contributed by atoms with van der Waals surface area (Å²) < 4.78 is 56.5. The second-order valence-electron chi connectivity index (χ2n) is 23.5. The molecule has 101 heavy (non-hydrogen) atoms. The summed E-state index contributed by atoms with van der Waals surface area (Å²) in [6, 6.07) is 6.61. The van der Waals surface area contributed by atoms with Gasteiger partial charge in [-0.25, -0.2) is 0 Å². The summed E-state index contributed by atoms with van der Waals surface area (Å²) in [5.74, 6) is 0.291. The molecule has 1 aromatic carbocycles. The molecule has 34 N–H and O–H groups in total. The number of aldehydes is 1. The molecule has 7 aliphatic rings. The SMILES string of the molecule is O=C[C@H](O)[C@@H](O)[C@H](O)[C@H](O)CO.OC[C@H]1O[C@@H](O[C@H]2[C@H](O)[C@@H](O)[C@H](O)O[C@@H]2CO)[C@H](O)[C@@H](O)[C@@H]1O.OC[C@H]1O[C@H](O[C@H]2O[C@H](CO)[C@@H](O)[C@H](O)[C@H]2O)[C@H](O)[C@@H](O)[C@@H]1O.OC[C@H]1O[C@H](O[C@H]2[C@H](O)[C@@H](O)[C@H](O)O[C@@H]2CO)[C@H](O)[C@@H](O)[C@@H]1O.OCc1ccccc1O[C@@H]1O[C@H](CO)[C@@H](O)[C@H](O)[C@H]1O. The van der Waals surface area contributed by atoms with Gasteiger partial charge in [0.05, 0.1) is 59.5 Å². The molecule has 39 atom stereocenters. The molecule has 7 aliphatic heterocycles. The number of carbonyl (C=O) groups is 1. The number of hydrogen-bond donors (Lipinski definition) is 34. The van der Waals surface area contributed by atoms with Gasteiger partial charge in [0.2, 0.25) is 6.29 Å². The van der Waals surface area contributed by atoms with Crippen LogP contribution in [0.25, 0.3) is 0 Å². The topological polar surface area (TPSA) is 806 Å². The minimum atomic E-state index is -1.79. The molecule has 7 heterocycles. The number of benzene rings is 1. The number of para-hydroxylation sites is 1. The summed E-state index contributed by atoms with van der Waals surface area (Å²) in [6.45, 7) is -5.56. The lowest BCUT2D eigenvalue weighted by Gasteiger charge is -2.45. The Bertz CT molecular complexity index is 2340. The molecule has 0 aromatic heterocycles. The Kier molecular flexibility index (Phi) is 38.0. The fourth-order valence-corrected chi connectivity index (χ4v) is 10.3. The monoisotopic (exact) mass is 1490 g/mol. The van der Waals surface area contributed by atoms with Crippen LogP contribution in [0.15, 0.2) is 24.3 Å². The number of aliphatic hydroxyl groups excluding tert-OH is 34. The summed E-state index contributed by atoms with van der Waals surface area (Å²) in [5, 5.41) is 320. The van der Waals surface area contributed by atoms with E-state index < -0.39 is 292 Å². The smallest absolute Gasteiger partial charge is 0.229 e. The molecule has 0 amide bonds. The van der Waals surface area contributed by atoms with Crippen LogP contribution in [0.4, 0.5) is 0 Å². The van der Waals surface area contributed by atoms with E-state index in [1.807, 2.05) is 0 Å². The molecule has 592 valence electrons. The predicted octanol–water partition coefficient (Wildman–Crippen LogP) is -21.2. The van der Waals surface area contributed by atoms with Gasteiger partial charge in [-0.3, -0.25) is 0 Å². The van der Waals surface area contributed by atoms with Crippen molar-refractivity contribution in [3.8, 4) is 5.75 Å². The van der Waals surface area contributed by atoms with Gasteiger partial charge in [0.25, 0.3) is 0 Å². The number of aliphatic hydroxyl groups is 34. The van der Waals surface area contributed by atoms with Crippen LogP contribution < -0.4 is 4.74 Å². The van der Waals surface area contributed by atoms with Crippen LogP contribution in [0.5, 0.6) is 5.75 Å². The second-order valence-corrected chi connectivity index (χ2v) is 23.5. The van der Waals surface area contributed by atoms with E-state index in [1.165, 1.54) is 0 Å². The van der Waals surface area contributed by atoms with Crippen molar-refractivity contribution in [1.29, 1.82) is 0 Å². The van der Waals surface area contributed by atoms with E-state index in [9.17, 15) is 127 Å². The average molecular weight is 1490 g/mol. The Morgan fingerprint density at radius 1 is 0.327 bits per heavy atom. The van der Waals surface area contributed by atoms with E-state index in [0.29, 0.717) is 11.3 Å². The van der Waals surface area contributed by atoms with E-state index in [-0.39, 0.29) is 12.9 Å². The van der Waals surface area contributed by atoms with Crippen LogP contribution in [0.1, 0.15) is 5.56 Å². The molecule has 1 aromatic rings. The van der Waals surface area contributed by atoms with Crippen molar-refractivity contribution in [1.82, 2.24) is 0 Å². The molecule has 0 bridgehead atoms. The zero-order valence-corrected chi connectivity index (χ0v) is 52.9. The van der Waals surface area contributed by atoms with Crippen molar-refractivity contribution >= 4 is 6.29 Å².